The Hall–Kier alpha value is -2.79. The molecule has 4 rings (SSSR count). The number of benzene rings is 2. The lowest BCUT2D eigenvalue weighted by Gasteiger charge is -2.35. The van der Waals surface area contributed by atoms with Gasteiger partial charge in [0.05, 0.1) is 24.3 Å². The van der Waals surface area contributed by atoms with Crippen LogP contribution in [0.15, 0.2) is 48.0 Å². The minimum Gasteiger partial charge on any atom is -0.507 e. The summed E-state index contributed by atoms with van der Waals surface area (Å²) in [5.41, 5.74) is 2.37. The third-order valence-electron chi connectivity index (χ3n) is 6.57. The zero-order chi connectivity index (χ0) is 22.8. The lowest BCUT2D eigenvalue weighted by Crippen LogP contribution is -2.40. The Balaban J connectivity index is 1.90. The van der Waals surface area contributed by atoms with E-state index < -0.39 is 17.7 Å². The van der Waals surface area contributed by atoms with Crippen molar-refractivity contribution in [2.45, 2.75) is 57.5 Å². The van der Waals surface area contributed by atoms with Crippen molar-refractivity contribution in [3.63, 3.8) is 0 Å². The summed E-state index contributed by atoms with van der Waals surface area (Å²) in [7, 11) is 1.49. The number of ether oxygens (including phenoxy) is 1. The third kappa shape index (κ3) is 4.02. The molecule has 1 aliphatic heterocycles. The summed E-state index contributed by atoms with van der Waals surface area (Å²) < 4.78 is 5.39. The Morgan fingerprint density at radius 3 is 2.41 bits per heavy atom. The Kier molecular flexibility index (Phi) is 6.56. The molecule has 5 nitrogen and oxygen atoms in total. The van der Waals surface area contributed by atoms with Gasteiger partial charge in [0.1, 0.15) is 11.5 Å². The van der Waals surface area contributed by atoms with Crippen LogP contribution >= 0.6 is 11.6 Å². The number of methoxy groups -OCH3 is 1. The summed E-state index contributed by atoms with van der Waals surface area (Å²) in [5, 5.41) is 11.7. The maximum atomic E-state index is 13.3. The van der Waals surface area contributed by atoms with Gasteiger partial charge in [-0.3, -0.25) is 9.59 Å². The van der Waals surface area contributed by atoms with Gasteiger partial charge in [0.15, 0.2) is 0 Å². The lowest BCUT2D eigenvalue weighted by molar-refractivity contribution is -0.141. The molecule has 32 heavy (non-hydrogen) atoms. The first-order valence-corrected chi connectivity index (χ1v) is 11.6. The maximum Gasteiger partial charge on any atom is 0.295 e. The van der Waals surface area contributed by atoms with Gasteiger partial charge in [0, 0.05) is 11.1 Å². The molecule has 1 aliphatic carbocycles. The summed E-state index contributed by atoms with van der Waals surface area (Å²) in [5.74, 6) is -1.09. The van der Waals surface area contributed by atoms with E-state index in [1.165, 1.54) is 12.7 Å². The topological polar surface area (TPSA) is 66.8 Å². The summed E-state index contributed by atoms with van der Waals surface area (Å²) >= 11 is 6.18. The predicted molar refractivity (Wildman–Crippen MR) is 125 cm³/mol. The number of carbonyl (C=O) groups excluding carboxylic acids is 2. The second-order valence-electron chi connectivity index (χ2n) is 8.44. The number of aliphatic hydroxyl groups excluding tert-OH is 1. The molecule has 6 heteroatoms. The average molecular weight is 454 g/mol. The van der Waals surface area contributed by atoms with Gasteiger partial charge in [-0.05, 0) is 48.6 Å². The first-order chi connectivity index (χ1) is 15.5. The molecule has 2 aromatic rings. The number of nitrogens with zero attached hydrogens (tertiary/aromatic N) is 1. The predicted octanol–water partition coefficient (Wildman–Crippen LogP) is 5.67. The summed E-state index contributed by atoms with van der Waals surface area (Å²) in [6.45, 7) is 2.08. The van der Waals surface area contributed by atoms with E-state index in [2.05, 4.69) is 6.92 Å². The molecule has 0 bridgehead atoms. The molecule has 0 aromatic heterocycles. The van der Waals surface area contributed by atoms with Gasteiger partial charge in [0.2, 0.25) is 0 Å². The molecule has 2 fully saturated rings. The van der Waals surface area contributed by atoms with E-state index in [1.807, 2.05) is 24.3 Å². The number of aliphatic hydroxyl groups is 1. The molecule has 2 aliphatic rings. The SMILES string of the molecule is CCc1ccc(C2/C(=C(\O)c3cc(Cl)ccc3OC)C(=O)C(=O)N2C2CCCCC2)cc1. The summed E-state index contributed by atoms with van der Waals surface area (Å²) in [6, 6.07) is 12.1. The fourth-order valence-electron chi connectivity index (χ4n) is 4.86. The first kappa shape index (κ1) is 22.4. The fraction of sp³-hybridized carbons (Fsp3) is 0.385. The third-order valence-corrected chi connectivity index (χ3v) is 6.80. The Bertz CT molecular complexity index is 1050. The highest BCUT2D eigenvalue weighted by molar-refractivity contribution is 6.46. The monoisotopic (exact) mass is 453 g/mol. The van der Waals surface area contributed by atoms with Crippen molar-refractivity contribution in [3.8, 4) is 5.75 Å². The van der Waals surface area contributed by atoms with Gasteiger partial charge < -0.3 is 14.7 Å². The molecule has 1 saturated carbocycles. The van der Waals surface area contributed by atoms with Gasteiger partial charge in [0.25, 0.3) is 11.7 Å². The normalized spacial score (nSPS) is 21.2. The van der Waals surface area contributed by atoms with Crippen molar-refractivity contribution in [2.75, 3.05) is 7.11 Å². The van der Waals surface area contributed by atoms with E-state index in [9.17, 15) is 14.7 Å². The van der Waals surface area contributed by atoms with Crippen LogP contribution in [0.2, 0.25) is 5.02 Å². The van der Waals surface area contributed by atoms with Gasteiger partial charge in [-0.25, -0.2) is 0 Å². The largest absolute Gasteiger partial charge is 0.507 e. The maximum absolute atomic E-state index is 13.3. The van der Waals surface area contributed by atoms with E-state index in [4.69, 9.17) is 16.3 Å². The van der Waals surface area contributed by atoms with E-state index in [1.54, 1.807) is 23.1 Å². The number of carbonyl (C=O) groups is 2. The van der Waals surface area contributed by atoms with Crippen molar-refractivity contribution in [2.24, 2.45) is 0 Å². The number of Topliss-reactive ketones (excluding diaryl/α,β-unsaturated/α-hetero) is 1. The minimum atomic E-state index is -0.667. The lowest BCUT2D eigenvalue weighted by atomic mass is 9.90. The highest BCUT2D eigenvalue weighted by Gasteiger charge is 2.49. The van der Waals surface area contributed by atoms with E-state index in [-0.39, 0.29) is 17.4 Å². The quantitative estimate of drug-likeness (QED) is 0.360. The number of hydrogen-bond donors (Lipinski definition) is 1. The second kappa shape index (κ2) is 9.37. The smallest absolute Gasteiger partial charge is 0.295 e. The number of hydrogen-bond acceptors (Lipinski definition) is 4. The molecule has 1 saturated heterocycles. The number of halogens is 1. The molecule has 1 atom stereocenters. The zero-order valence-electron chi connectivity index (χ0n) is 18.4. The second-order valence-corrected chi connectivity index (χ2v) is 8.87. The highest BCUT2D eigenvalue weighted by atomic mass is 35.5. The van der Waals surface area contributed by atoms with Crippen LogP contribution in [0.3, 0.4) is 0 Å². The number of ketones is 1. The van der Waals surface area contributed by atoms with E-state index in [0.29, 0.717) is 16.3 Å². The highest BCUT2D eigenvalue weighted by Crippen LogP contribution is 2.44. The van der Waals surface area contributed by atoms with Crippen LogP contribution in [0.25, 0.3) is 5.76 Å². The van der Waals surface area contributed by atoms with Gasteiger partial charge >= 0.3 is 0 Å². The molecule has 168 valence electrons. The van der Waals surface area contributed by atoms with Crippen LogP contribution in [0, 0.1) is 0 Å². The van der Waals surface area contributed by atoms with Crippen LogP contribution in [0.1, 0.15) is 61.8 Å². The van der Waals surface area contributed by atoms with Gasteiger partial charge in [-0.15, -0.1) is 0 Å². The molecule has 2 aromatic carbocycles. The van der Waals surface area contributed by atoms with Crippen LogP contribution in [0.4, 0.5) is 0 Å². The molecule has 1 N–H and O–H groups in total. The molecule has 1 heterocycles. The Morgan fingerprint density at radius 1 is 1.09 bits per heavy atom. The fourth-order valence-corrected chi connectivity index (χ4v) is 5.03. The standard InChI is InChI=1S/C26H28ClNO4/c1-3-16-9-11-17(12-10-16)23-22(24(29)20-15-18(27)13-14-21(20)32-2)25(30)26(31)28(23)19-7-5-4-6-8-19/h9-15,19,23,29H,3-8H2,1-2H3/b24-22+. The van der Waals surface area contributed by atoms with Crippen LogP contribution < -0.4 is 4.74 Å². The average Bonchev–Trinajstić information content (AvgIpc) is 3.09. The van der Waals surface area contributed by atoms with Crippen molar-refractivity contribution < 1.29 is 19.4 Å². The molecule has 1 unspecified atom stereocenters. The Labute approximate surface area is 193 Å². The Morgan fingerprint density at radius 2 is 1.78 bits per heavy atom. The van der Waals surface area contributed by atoms with Crippen molar-refractivity contribution >= 4 is 29.1 Å². The molecule has 1 amide bonds. The van der Waals surface area contributed by atoms with Crippen LogP contribution in [0.5, 0.6) is 5.75 Å². The van der Waals surface area contributed by atoms with E-state index in [0.717, 1.165) is 44.1 Å². The number of likely N-dealkylation sites (tertiary alicyclic amines) is 1. The van der Waals surface area contributed by atoms with Crippen molar-refractivity contribution in [1.82, 2.24) is 4.90 Å². The molecule has 0 radical (unpaired) electrons. The van der Waals surface area contributed by atoms with Crippen molar-refractivity contribution in [3.05, 3.63) is 69.8 Å². The van der Waals surface area contributed by atoms with Crippen LogP contribution in [-0.4, -0.2) is 34.8 Å². The van der Waals surface area contributed by atoms with Crippen molar-refractivity contribution in [1.29, 1.82) is 0 Å². The zero-order valence-corrected chi connectivity index (χ0v) is 19.2. The van der Waals surface area contributed by atoms with Gasteiger partial charge in [-0.1, -0.05) is 62.1 Å². The number of aryl methyl sites for hydroxylation is 1. The first-order valence-electron chi connectivity index (χ1n) is 11.2. The van der Waals surface area contributed by atoms with E-state index >= 15 is 0 Å². The summed E-state index contributed by atoms with van der Waals surface area (Å²) in [4.78, 5) is 28.2. The number of rotatable bonds is 5. The minimum absolute atomic E-state index is 0.0254. The molecular weight excluding hydrogens is 426 g/mol. The van der Waals surface area contributed by atoms with Gasteiger partial charge in [-0.2, -0.15) is 0 Å². The molecular formula is C26H28ClNO4. The molecule has 0 spiro atoms. The number of amides is 1. The van der Waals surface area contributed by atoms with Crippen LogP contribution in [-0.2, 0) is 16.0 Å². The summed E-state index contributed by atoms with van der Waals surface area (Å²) in [6.07, 6.45) is 5.79.